The molecule has 1 atom stereocenters. The van der Waals surface area contributed by atoms with E-state index in [0.29, 0.717) is 11.8 Å². The maximum Gasteiger partial charge on any atom is 0.0766 e. The first-order valence-corrected chi connectivity index (χ1v) is 8.02. The largest absolute Gasteiger partial charge is 0.268 e. The van der Waals surface area contributed by atoms with Gasteiger partial charge in [0.05, 0.1) is 15.9 Å². The first-order chi connectivity index (χ1) is 8.39. The van der Waals surface area contributed by atoms with E-state index in [1.165, 1.54) is 10.2 Å². The zero-order valence-corrected chi connectivity index (χ0v) is 14.4. The maximum atomic E-state index is 6.20. The lowest BCUT2D eigenvalue weighted by molar-refractivity contribution is 0.246. The van der Waals surface area contributed by atoms with Gasteiger partial charge in [0.15, 0.2) is 0 Å². The number of aromatic nitrogens is 2. The van der Waals surface area contributed by atoms with Gasteiger partial charge in [0.1, 0.15) is 0 Å². The Morgan fingerprint density at radius 1 is 1.39 bits per heavy atom. The molecular weight excluding hydrogens is 312 g/mol. The number of aryl methyl sites for hydroxylation is 2. The Morgan fingerprint density at radius 3 is 2.39 bits per heavy atom. The molecule has 0 radical (unpaired) electrons. The van der Waals surface area contributed by atoms with Gasteiger partial charge in [-0.2, -0.15) is 5.10 Å². The Morgan fingerprint density at radius 2 is 2.00 bits per heavy atom. The summed E-state index contributed by atoms with van der Waals surface area (Å²) in [6, 6.07) is 0. The average Bonchev–Trinajstić information content (AvgIpc) is 2.65. The molecule has 2 nitrogen and oxygen atoms in total. The Kier molecular flexibility index (Phi) is 5.72. The number of hydrogen-bond donors (Lipinski definition) is 0. The number of rotatable bonds is 6. The lowest BCUT2D eigenvalue weighted by Crippen LogP contribution is -2.29. The van der Waals surface area contributed by atoms with E-state index in [1.807, 2.05) is 0 Å². The fourth-order valence-electron chi connectivity index (χ4n) is 1.97. The van der Waals surface area contributed by atoms with E-state index < -0.39 is 0 Å². The number of nitrogens with zero attached hydrogens (tertiary/aromatic N) is 2. The van der Waals surface area contributed by atoms with Crippen molar-refractivity contribution in [1.82, 2.24) is 9.78 Å². The van der Waals surface area contributed by atoms with Crippen molar-refractivity contribution in [3.05, 3.63) is 15.9 Å². The Bertz CT molecular complexity index is 401. The highest BCUT2D eigenvalue weighted by Gasteiger charge is 2.30. The predicted octanol–water partition coefficient (Wildman–Crippen LogP) is 4.67. The molecule has 0 aromatic carbocycles. The summed E-state index contributed by atoms with van der Waals surface area (Å²) in [5.74, 6) is 1.22. The molecule has 0 fully saturated rings. The summed E-state index contributed by atoms with van der Waals surface area (Å²) >= 11 is 9.90. The van der Waals surface area contributed by atoms with Gasteiger partial charge in [0.25, 0.3) is 0 Å². The topological polar surface area (TPSA) is 17.8 Å². The van der Waals surface area contributed by atoms with Gasteiger partial charge >= 0.3 is 0 Å². The van der Waals surface area contributed by atoms with Crippen LogP contribution in [0.4, 0.5) is 0 Å². The van der Waals surface area contributed by atoms with E-state index in [1.54, 1.807) is 0 Å². The summed E-state index contributed by atoms with van der Waals surface area (Å²) in [7, 11) is 0. The molecule has 0 amide bonds. The van der Waals surface area contributed by atoms with Crippen LogP contribution < -0.4 is 0 Å². The minimum absolute atomic E-state index is 0.113. The second kappa shape index (κ2) is 6.42. The highest BCUT2D eigenvalue weighted by atomic mass is 79.9. The van der Waals surface area contributed by atoms with Crippen LogP contribution >= 0.6 is 27.5 Å². The molecule has 4 heteroatoms. The number of halogens is 2. The molecule has 0 N–H and O–H groups in total. The molecule has 0 aliphatic rings. The Labute approximate surface area is 124 Å². The van der Waals surface area contributed by atoms with Crippen molar-refractivity contribution in [2.24, 2.45) is 11.3 Å². The molecule has 0 aliphatic carbocycles. The van der Waals surface area contributed by atoms with Crippen LogP contribution in [0.1, 0.15) is 46.0 Å². The van der Waals surface area contributed by atoms with E-state index in [4.69, 9.17) is 11.6 Å². The standard InChI is InChI=1S/C14H24BrClN2/c1-6-11-13(15)12(18(7-2)17-11)8-14(5,9-16)10(3)4/h10H,6-9H2,1-5H3. The Balaban J connectivity index is 3.13. The first kappa shape index (κ1) is 16.0. The van der Waals surface area contributed by atoms with Gasteiger partial charge in [-0.15, -0.1) is 11.6 Å². The van der Waals surface area contributed by atoms with Crippen LogP contribution in [0.25, 0.3) is 0 Å². The van der Waals surface area contributed by atoms with Crippen molar-refractivity contribution >= 4 is 27.5 Å². The molecule has 1 rings (SSSR count). The Hall–Kier alpha value is -0.0200. The van der Waals surface area contributed by atoms with Crippen LogP contribution in [0.15, 0.2) is 4.47 Å². The lowest BCUT2D eigenvalue weighted by atomic mass is 9.77. The van der Waals surface area contributed by atoms with Gasteiger partial charge in [0, 0.05) is 12.4 Å². The molecule has 0 saturated heterocycles. The first-order valence-electron chi connectivity index (χ1n) is 6.69. The quantitative estimate of drug-likeness (QED) is 0.691. The zero-order valence-electron chi connectivity index (χ0n) is 12.1. The lowest BCUT2D eigenvalue weighted by Gasteiger charge is -2.32. The molecular formula is C14H24BrClN2. The van der Waals surface area contributed by atoms with Crippen molar-refractivity contribution in [1.29, 1.82) is 0 Å². The molecule has 1 aromatic rings. The van der Waals surface area contributed by atoms with Gasteiger partial charge in [-0.25, -0.2) is 0 Å². The number of alkyl halides is 1. The van der Waals surface area contributed by atoms with Crippen molar-refractivity contribution in [3.8, 4) is 0 Å². The molecule has 104 valence electrons. The van der Waals surface area contributed by atoms with Gasteiger partial charge in [-0.05, 0) is 47.0 Å². The molecule has 0 spiro atoms. The average molecular weight is 336 g/mol. The predicted molar refractivity (Wildman–Crippen MR) is 82.3 cm³/mol. The van der Waals surface area contributed by atoms with E-state index in [0.717, 1.165) is 25.1 Å². The van der Waals surface area contributed by atoms with Crippen LogP contribution in [0.5, 0.6) is 0 Å². The third-order valence-electron chi connectivity index (χ3n) is 3.96. The molecule has 1 heterocycles. The fraction of sp³-hybridized carbons (Fsp3) is 0.786. The van der Waals surface area contributed by atoms with E-state index in [2.05, 4.69) is 60.3 Å². The van der Waals surface area contributed by atoms with Crippen molar-refractivity contribution < 1.29 is 0 Å². The molecule has 0 saturated carbocycles. The van der Waals surface area contributed by atoms with E-state index in [-0.39, 0.29) is 5.41 Å². The van der Waals surface area contributed by atoms with E-state index >= 15 is 0 Å². The molecule has 1 unspecified atom stereocenters. The van der Waals surface area contributed by atoms with Crippen LogP contribution in [-0.2, 0) is 19.4 Å². The second-order valence-corrected chi connectivity index (χ2v) is 6.56. The van der Waals surface area contributed by atoms with E-state index in [9.17, 15) is 0 Å². The zero-order chi connectivity index (χ0) is 13.9. The summed E-state index contributed by atoms with van der Waals surface area (Å²) in [4.78, 5) is 0. The minimum Gasteiger partial charge on any atom is -0.268 e. The summed E-state index contributed by atoms with van der Waals surface area (Å²) in [6.45, 7) is 11.9. The highest BCUT2D eigenvalue weighted by Crippen LogP contribution is 2.35. The summed E-state index contributed by atoms with van der Waals surface area (Å²) < 4.78 is 3.28. The smallest absolute Gasteiger partial charge is 0.0766 e. The van der Waals surface area contributed by atoms with Gasteiger partial charge in [0.2, 0.25) is 0 Å². The SMILES string of the molecule is CCc1nn(CC)c(CC(C)(CCl)C(C)C)c1Br. The van der Waals surface area contributed by atoms with Crippen molar-refractivity contribution in [2.45, 2.75) is 54.0 Å². The monoisotopic (exact) mass is 334 g/mol. The molecule has 1 aromatic heterocycles. The fourth-order valence-corrected chi connectivity index (χ4v) is 3.08. The summed E-state index contributed by atoms with van der Waals surface area (Å²) in [6.07, 6.45) is 1.93. The molecule has 0 bridgehead atoms. The van der Waals surface area contributed by atoms with Gasteiger partial charge in [-0.3, -0.25) is 4.68 Å². The van der Waals surface area contributed by atoms with Crippen LogP contribution in [0.2, 0.25) is 0 Å². The van der Waals surface area contributed by atoms with Crippen LogP contribution in [0, 0.1) is 11.3 Å². The van der Waals surface area contributed by atoms with Crippen LogP contribution in [-0.4, -0.2) is 15.7 Å². The highest BCUT2D eigenvalue weighted by molar-refractivity contribution is 9.10. The van der Waals surface area contributed by atoms with Crippen molar-refractivity contribution in [2.75, 3.05) is 5.88 Å². The maximum absolute atomic E-state index is 6.20. The normalized spacial score (nSPS) is 15.1. The van der Waals surface area contributed by atoms with Gasteiger partial charge < -0.3 is 0 Å². The summed E-state index contributed by atoms with van der Waals surface area (Å²) in [5.41, 5.74) is 2.54. The second-order valence-electron chi connectivity index (χ2n) is 5.50. The summed E-state index contributed by atoms with van der Waals surface area (Å²) in [5, 5.41) is 4.65. The molecule has 0 aliphatic heterocycles. The van der Waals surface area contributed by atoms with Gasteiger partial charge in [-0.1, -0.05) is 27.7 Å². The molecule has 18 heavy (non-hydrogen) atoms. The third kappa shape index (κ3) is 3.11. The minimum atomic E-state index is 0.113. The van der Waals surface area contributed by atoms with Crippen LogP contribution in [0.3, 0.4) is 0 Å². The third-order valence-corrected chi connectivity index (χ3v) is 5.49. The number of hydrogen-bond acceptors (Lipinski definition) is 1. The van der Waals surface area contributed by atoms with Crippen molar-refractivity contribution in [3.63, 3.8) is 0 Å².